The fraction of sp³-hybridized carbons (Fsp3) is 0.0455. The predicted molar refractivity (Wildman–Crippen MR) is 126 cm³/mol. The van der Waals surface area contributed by atoms with Crippen molar-refractivity contribution >= 4 is 39.3 Å². The number of anilines is 1. The van der Waals surface area contributed by atoms with Gasteiger partial charge in [0, 0.05) is 21.8 Å². The van der Waals surface area contributed by atoms with Crippen LogP contribution in [-0.4, -0.2) is 26.5 Å². The molecule has 4 rings (SSSR count). The summed E-state index contributed by atoms with van der Waals surface area (Å²) < 4.78 is 8.04. The number of thioether (sulfide) groups is 1. The molecule has 0 saturated carbocycles. The first-order valence-electron chi connectivity index (χ1n) is 9.31. The Hall–Kier alpha value is -3.30. The number of nitrogens with zero attached hydrogens (tertiary/aromatic N) is 3. The van der Waals surface area contributed by atoms with E-state index in [4.69, 9.17) is 10.6 Å². The van der Waals surface area contributed by atoms with Crippen LogP contribution in [0.2, 0.25) is 0 Å². The Morgan fingerprint density at radius 3 is 2.55 bits per heavy atom. The van der Waals surface area contributed by atoms with Gasteiger partial charge in [-0.3, -0.25) is 4.79 Å². The van der Waals surface area contributed by atoms with Gasteiger partial charge in [0.1, 0.15) is 11.5 Å². The zero-order valence-electron chi connectivity index (χ0n) is 16.2. The molecule has 0 unspecified atom stereocenters. The zero-order valence-corrected chi connectivity index (χ0v) is 18.6. The first-order valence-corrected chi connectivity index (χ1v) is 11.1. The number of carbonyl (C=O) groups excluding carboxylic acids is 1. The van der Waals surface area contributed by atoms with Gasteiger partial charge in [-0.1, -0.05) is 64.1 Å². The lowest BCUT2D eigenvalue weighted by Crippen LogP contribution is -2.16. The van der Waals surface area contributed by atoms with Crippen molar-refractivity contribution in [1.29, 1.82) is 0 Å². The summed E-state index contributed by atoms with van der Waals surface area (Å²) >= 11 is 4.69. The van der Waals surface area contributed by atoms with Gasteiger partial charge < -0.3 is 15.9 Å². The minimum Gasteiger partial charge on any atom is -0.457 e. The van der Waals surface area contributed by atoms with Crippen LogP contribution in [0.3, 0.4) is 0 Å². The zero-order chi connectivity index (χ0) is 21.6. The monoisotopic (exact) mass is 495 g/mol. The summed E-state index contributed by atoms with van der Waals surface area (Å²) in [5.41, 5.74) is 1.46. The van der Waals surface area contributed by atoms with Gasteiger partial charge in [0.05, 0.1) is 5.75 Å². The number of para-hydroxylation sites is 1. The van der Waals surface area contributed by atoms with E-state index in [0.29, 0.717) is 22.4 Å². The number of halogens is 1. The first kappa shape index (κ1) is 21.0. The molecule has 1 heterocycles. The number of hydrogen-bond donors (Lipinski definition) is 2. The van der Waals surface area contributed by atoms with E-state index in [1.54, 1.807) is 12.1 Å². The highest BCUT2D eigenvalue weighted by molar-refractivity contribution is 9.10. The molecule has 0 aliphatic heterocycles. The summed E-state index contributed by atoms with van der Waals surface area (Å²) in [7, 11) is 0. The Bertz CT molecular complexity index is 1200. The van der Waals surface area contributed by atoms with Crippen LogP contribution in [0.15, 0.2) is 88.5 Å². The number of aromatic nitrogens is 3. The number of benzene rings is 3. The lowest BCUT2D eigenvalue weighted by Gasteiger charge is -2.09. The van der Waals surface area contributed by atoms with Gasteiger partial charge in [-0.25, -0.2) is 4.68 Å². The SMILES string of the molecule is Nn1c(SCC(=O)Nc2cccc(Oc3ccccc3)c2)nnc1-c1ccccc1Br. The molecule has 0 saturated heterocycles. The molecule has 1 amide bonds. The number of hydrogen-bond acceptors (Lipinski definition) is 6. The molecule has 31 heavy (non-hydrogen) atoms. The first-order chi connectivity index (χ1) is 15.1. The smallest absolute Gasteiger partial charge is 0.234 e. The molecule has 1 aromatic heterocycles. The normalized spacial score (nSPS) is 10.6. The van der Waals surface area contributed by atoms with Crippen molar-refractivity contribution in [3.05, 3.63) is 83.3 Å². The van der Waals surface area contributed by atoms with Crippen LogP contribution in [0.4, 0.5) is 5.69 Å². The number of carbonyl (C=O) groups is 1. The van der Waals surface area contributed by atoms with E-state index in [0.717, 1.165) is 15.8 Å². The van der Waals surface area contributed by atoms with E-state index in [-0.39, 0.29) is 11.7 Å². The van der Waals surface area contributed by atoms with Crippen LogP contribution in [0.25, 0.3) is 11.4 Å². The van der Waals surface area contributed by atoms with Crippen molar-refractivity contribution < 1.29 is 9.53 Å². The number of amides is 1. The molecule has 0 aliphatic carbocycles. The maximum absolute atomic E-state index is 12.4. The fourth-order valence-electron chi connectivity index (χ4n) is 2.79. The Kier molecular flexibility index (Phi) is 6.54. The lowest BCUT2D eigenvalue weighted by molar-refractivity contribution is -0.113. The quantitative estimate of drug-likeness (QED) is 0.278. The molecule has 0 atom stereocenters. The molecule has 0 bridgehead atoms. The maximum atomic E-state index is 12.4. The third-order valence-corrected chi connectivity index (χ3v) is 5.84. The summed E-state index contributed by atoms with van der Waals surface area (Å²) in [6.07, 6.45) is 0. The topological polar surface area (TPSA) is 95.1 Å². The Balaban J connectivity index is 1.37. The van der Waals surface area contributed by atoms with Crippen molar-refractivity contribution in [2.24, 2.45) is 0 Å². The van der Waals surface area contributed by atoms with E-state index in [9.17, 15) is 4.79 Å². The number of nitrogens with one attached hydrogen (secondary N) is 1. The molecular weight excluding hydrogens is 478 g/mol. The van der Waals surface area contributed by atoms with Crippen LogP contribution in [0, 0.1) is 0 Å². The second-order valence-electron chi connectivity index (χ2n) is 6.44. The Morgan fingerprint density at radius 1 is 1.00 bits per heavy atom. The summed E-state index contributed by atoms with van der Waals surface area (Å²) in [6.45, 7) is 0. The average molecular weight is 496 g/mol. The molecule has 0 fully saturated rings. The lowest BCUT2D eigenvalue weighted by atomic mass is 10.2. The van der Waals surface area contributed by atoms with Gasteiger partial charge in [0.25, 0.3) is 0 Å². The van der Waals surface area contributed by atoms with E-state index in [2.05, 4.69) is 31.4 Å². The maximum Gasteiger partial charge on any atom is 0.234 e. The Labute approximate surface area is 191 Å². The number of ether oxygens (including phenoxy) is 1. The van der Waals surface area contributed by atoms with E-state index in [1.165, 1.54) is 16.4 Å². The second kappa shape index (κ2) is 9.67. The minimum absolute atomic E-state index is 0.134. The second-order valence-corrected chi connectivity index (χ2v) is 8.23. The minimum atomic E-state index is -0.188. The summed E-state index contributed by atoms with van der Waals surface area (Å²) in [5, 5.41) is 11.6. The van der Waals surface area contributed by atoms with Crippen molar-refractivity contribution in [3.8, 4) is 22.9 Å². The molecule has 0 aliphatic rings. The van der Waals surface area contributed by atoms with Crippen molar-refractivity contribution in [2.75, 3.05) is 16.9 Å². The van der Waals surface area contributed by atoms with Crippen LogP contribution in [0.1, 0.15) is 0 Å². The highest BCUT2D eigenvalue weighted by Gasteiger charge is 2.15. The van der Waals surface area contributed by atoms with Crippen molar-refractivity contribution in [3.63, 3.8) is 0 Å². The predicted octanol–water partition coefficient (Wildman–Crippen LogP) is 4.94. The number of nitrogen functional groups attached to an aromatic ring is 1. The summed E-state index contributed by atoms with van der Waals surface area (Å²) in [5.74, 6) is 7.96. The van der Waals surface area contributed by atoms with Gasteiger partial charge in [0.2, 0.25) is 11.1 Å². The van der Waals surface area contributed by atoms with Gasteiger partial charge in [-0.2, -0.15) is 0 Å². The fourth-order valence-corrected chi connectivity index (χ4v) is 3.91. The molecule has 9 heteroatoms. The number of rotatable bonds is 7. The highest BCUT2D eigenvalue weighted by atomic mass is 79.9. The van der Waals surface area contributed by atoms with Gasteiger partial charge in [0.15, 0.2) is 5.82 Å². The highest BCUT2D eigenvalue weighted by Crippen LogP contribution is 2.28. The molecule has 3 aromatic carbocycles. The van der Waals surface area contributed by atoms with Crippen LogP contribution >= 0.6 is 27.7 Å². The molecule has 0 spiro atoms. The number of nitrogens with two attached hydrogens (primary N) is 1. The van der Waals surface area contributed by atoms with E-state index in [1.807, 2.05) is 66.7 Å². The third-order valence-electron chi connectivity index (χ3n) is 4.21. The van der Waals surface area contributed by atoms with E-state index < -0.39 is 0 Å². The third kappa shape index (κ3) is 5.25. The van der Waals surface area contributed by atoms with Crippen LogP contribution in [-0.2, 0) is 4.79 Å². The average Bonchev–Trinajstić information content (AvgIpc) is 3.14. The van der Waals surface area contributed by atoms with Gasteiger partial charge in [-0.05, 0) is 36.4 Å². The largest absolute Gasteiger partial charge is 0.457 e. The molecule has 156 valence electrons. The van der Waals surface area contributed by atoms with Crippen LogP contribution in [0.5, 0.6) is 11.5 Å². The molecule has 7 nitrogen and oxygen atoms in total. The van der Waals surface area contributed by atoms with E-state index >= 15 is 0 Å². The van der Waals surface area contributed by atoms with Crippen LogP contribution < -0.4 is 15.9 Å². The molecule has 3 N–H and O–H groups in total. The Morgan fingerprint density at radius 2 is 1.74 bits per heavy atom. The standard InChI is InChI=1S/C22H18BrN5O2S/c23-19-12-5-4-11-18(19)21-26-27-22(28(21)24)31-14-20(29)25-15-7-6-10-17(13-15)30-16-8-2-1-3-9-16/h1-13H,14,24H2,(H,25,29). The molecule has 4 aromatic rings. The van der Waals surface area contributed by atoms with Crippen molar-refractivity contribution in [1.82, 2.24) is 14.9 Å². The molecule has 0 radical (unpaired) electrons. The molecular formula is C22H18BrN5O2S. The van der Waals surface area contributed by atoms with Gasteiger partial charge >= 0.3 is 0 Å². The van der Waals surface area contributed by atoms with Crippen molar-refractivity contribution in [2.45, 2.75) is 5.16 Å². The summed E-state index contributed by atoms with van der Waals surface area (Å²) in [4.78, 5) is 12.4. The van der Waals surface area contributed by atoms with Gasteiger partial charge in [-0.15, -0.1) is 10.2 Å². The summed E-state index contributed by atoms with van der Waals surface area (Å²) in [6, 6.07) is 24.3.